The molecule has 5 heteroatoms. The van der Waals surface area contributed by atoms with Crippen molar-refractivity contribution in [2.75, 3.05) is 7.11 Å². The fourth-order valence-electron chi connectivity index (χ4n) is 1.50. The van der Waals surface area contributed by atoms with Gasteiger partial charge in [0, 0.05) is 16.2 Å². The van der Waals surface area contributed by atoms with Crippen LogP contribution in [-0.2, 0) is 5.75 Å². The molecule has 0 atom stereocenters. The maximum atomic E-state index is 13.6. The zero-order valence-corrected chi connectivity index (χ0v) is 11.2. The van der Waals surface area contributed by atoms with Crippen LogP contribution in [0.15, 0.2) is 18.2 Å². The van der Waals surface area contributed by atoms with Crippen LogP contribution in [0.25, 0.3) is 10.6 Å². The standard InChI is InChI=1S/C12H12FNOS2/c1-7-11(6-16)17-12(14-7)8-3-4-10(15-2)9(13)5-8/h3-5,16H,6H2,1-2H3. The summed E-state index contributed by atoms with van der Waals surface area (Å²) in [5.74, 6) is 0.531. The number of hydrogen-bond acceptors (Lipinski definition) is 4. The summed E-state index contributed by atoms with van der Waals surface area (Å²) < 4.78 is 18.4. The van der Waals surface area contributed by atoms with Gasteiger partial charge in [-0.3, -0.25) is 0 Å². The number of rotatable bonds is 3. The van der Waals surface area contributed by atoms with Gasteiger partial charge in [-0.15, -0.1) is 11.3 Å². The molecule has 0 bridgehead atoms. The number of methoxy groups -OCH3 is 1. The highest BCUT2D eigenvalue weighted by atomic mass is 32.1. The zero-order valence-electron chi connectivity index (χ0n) is 9.53. The minimum Gasteiger partial charge on any atom is -0.494 e. The number of thiol groups is 1. The molecule has 1 heterocycles. The molecule has 1 aromatic heterocycles. The first kappa shape index (κ1) is 12.4. The van der Waals surface area contributed by atoms with Gasteiger partial charge in [-0.1, -0.05) is 0 Å². The molecule has 0 saturated carbocycles. The van der Waals surface area contributed by atoms with Gasteiger partial charge in [-0.05, 0) is 25.1 Å². The average molecular weight is 269 g/mol. The lowest BCUT2D eigenvalue weighted by atomic mass is 10.2. The average Bonchev–Trinajstić information content (AvgIpc) is 2.70. The highest BCUT2D eigenvalue weighted by Crippen LogP contribution is 2.31. The predicted octanol–water partition coefficient (Wildman–Crippen LogP) is 3.70. The molecule has 0 aliphatic heterocycles. The largest absolute Gasteiger partial charge is 0.494 e. The molecule has 0 spiro atoms. The summed E-state index contributed by atoms with van der Waals surface area (Å²) in [7, 11) is 1.45. The summed E-state index contributed by atoms with van der Waals surface area (Å²) in [6.45, 7) is 1.94. The van der Waals surface area contributed by atoms with Crippen molar-refractivity contribution in [1.82, 2.24) is 4.98 Å². The van der Waals surface area contributed by atoms with E-state index in [0.29, 0.717) is 5.75 Å². The number of ether oxygens (including phenoxy) is 1. The Morgan fingerprint density at radius 1 is 1.47 bits per heavy atom. The summed E-state index contributed by atoms with van der Waals surface area (Å²) >= 11 is 5.77. The molecule has 17 heavy (non-hydrogen) atoms. The van der Waals surface area contributed by atoms with Gasteiger partial charge in [0.15, 0.2) is 11.6 Å². The molecule has 0 saturated heterocycles. The van der Waals surface area contributed by atoms with Crippen LogP contribution in [0, 0.1) is 12.7 Å². The molecule has 0 unspecified atom stereocenters. The van der Waals surface area contributed by atoms with E-state index >= 15 is 0 Å². The van der Waals surface area contributed by atoms with Gasteiger partial charge >= 0.3 is 0 Å². The second-order valence-electron chi connectivity index (χ2n) is 3.54. The monoisotopic (exact) mass is 269 g/mol. The van der Waals surface area contributed by atoms with Crippen LogP contribution < -0.4 is 4.74 Å². The molecule has 90 valence electrons. The Kier molecular flexibility index (Phi) is 3.69. The van der Waals surface area contributed by atoms with Crippen LogP contribution in [0.1, 0.15) is 10.6 Å². The second kappa shape index (κ2) is 5.06. The van der Waals surface area contributed by atoms with E-state index < -0.39 is 0 Å². The van der Waals surface area contributed by atoms with Gasteiger partial charge in [0.05, 0.1) is 12.8 Å². The van der Waals surface area contributed by atoms with Gasteiger partial charge in [0.1, 0.15) is 5.01 Å². The van der Waals surface area contributed by atoms with Crippen molar-refractivity contribution in [3.63, 3.8) is 0 Å². The van der Waals surface area contributed by atoms with Gasteiger partial charge in [-0.2, -0.15) is 12.6 Å². The van der Waals surface area contributed by atoms with Crippen LogP contribution >= 0.6 is 24.0 Å². The minimum absolute atomic E-state index is 0.247. The zero-order chi connectivity index (χ0) is 12.4. The van der Waals surface area contributed by atoms with E-state index in [9.17, 15) is 4.39 Å². The molecule has 0 radical (unpaired) electrons. The number of hydrogen-bond donors (Lipinski definition) is 1. The summed E-state index contributed by atoms with van der Waals surface area (Å²) in [6, 6.07) is 4.86. The van der Waals surface area contributed by atoms with E-state index in [2.05, 4.69) is 17.6 Å². The van der Waals surface area contributed by atoms with E-state index in [1.807, 2.05) is 13.0 Å². The quantitative estimate of drug-likeness (QED) is 0.858. The topological polar surface area (TPSA) is 22.1 Å². The maximum Gasteiger partial charge on any atom is 0.165 e. The molecule has 0 fully saturated rings. The van der Waals surface area contributed by atoms with Crippen molar-refractivity contribution in [3.8, 4) is 16.3 Å². The number of thiazole rings is 1. The molecule has 2 aromatic rings. The first-order valence-electron chi connectivity index (χ1n) is 5.06. The number of halogens is 1. The lowest BCUT2D eigenvalue weighted by molar-refractivity contribution is 0.386. The van der Waals surface area contributed by atoms with Gasteiger partial charge in [-0.25, -0.2) is 9.37 Å². The van der Waals surface area contributed by atoms with Gasteiger partial charge in [0.25, 0.3) is 0 Å². The highest BCUT2D eigenvalue weighted by Gasteiger charge is 2.10. The first-order valence-corrected chi connectivity index (χ1v) is 6.51. The fourth-order valence-corrected chi connectivity index (χ4v) is 2.84. The Balaban J connectivity index is 2.42. The summed E-state index contributed by atoms with van der Waals surface area (Å²) in [6.07, 6.45) is 0. The normalized spacial score (nSPS) is 10.6. The van der Waals surface area contributed by atoms with E-state index in [-0.39, 0.29) is 11.6 Å². The summed E-state index contributed by atoms with van der Waals surface area (Å²) in [5, 5.41) is 0.813. The first-order chi connectivity index (χ1) is 8.15. The Morgan fingerprint density at radius 2 is 2.24 bits per heavy atom. The third-order valence-corrected chi connectivity index (χ3v) is 4.17. The van der Waals surface area contributed by atoms with E-state index in [0.717, 1.165) is 21.1 Å². The number of nitrogens with zero attached hydrogens (tertiary/aromatic N) is 1. The number of aromatic nitrogens is 1. The molecule has 0 aliphatic carbocycles. The van der Waals surface area contributed by atoms with E-state index in [1.54, 1.807) is 6.07 Å². The molecule has 2 rings (SSSR count). The lowest BCUT2D eigenvalue weighted by Gasteiger charge is -2.02. The molecular formula is C12H12FNOS2. The second-order valence-corrected chi connectivity index (χ2v) is 4.93. The van der Waals surface area contributed by atoms with Crippen LogP contribution in [0.2, 0.25) is 0 Å². The smallest absolute Gasteiger partial charge is 0.165 e. The SMILES string of the molecule is COc1ccc(-c2nc(C)c(CS)s2)cc1F. The fraction of sp³-hybridized carbons (Fsp3) is 0.250. The van der Waals surface area contributed by atoms with E-state index in [4.69, 9.17) is 4.74 Å². The van der Waals surface area contributed by atoms with Crippen molar-refractivity contribution < 1.29 is 9.13 Å². The Morgan fingerprint density at radius 3 is 2.76 bits per heavy atom. The third-order valence-electron chi connectivity index (χ3n) is 2.44. The molecule has 0 aliphatic rings. The van der Waals surface area contributed by atoms with Crippen molar-refractivity contribution in [3.05, 3.63) is 34.6 Å². The van der Waals surface area contributed by atoms with E-state index in [1.165, 1.54) is 24.5 Å². The molecular weight excluding hydrogens is 257 g/mol. The summed E-state index contributed by atoms with van der Waals surface area (Å²) in [4.78, 5) is 5.52. The predicted molar refractivity (Wildman–Crippen MR) is 71.5 cm³/mol. The summed E-state index contributed by atoms with van der Waals surface area (Å²) in [5.41, 5.74) is 1.72. The molecule has 0 N–H and O–H groups in total. The van der Waals surface area contributed by atoms with Crippen LogP contribution in [-0.4, -0.2) is 12.1 Å². The van der Waals surface area contributed by atoms with Crippen molar-refractivity contribution in [1.29, 1.82) is 0 Å². The Hall–Kier alpha value is -1.07. The molecule has 0 amide bonds. The number of benzene rings is 1. The maximum absolute atomic E-state index is 13.6. The molecule has 2 nitrogen and oxygen atoms in total. The van der Waals surface area contributed by atoms with Gasteiger partial charge < -0.3 is 4.74 Å². The Bertz CT molecular complexity index is 539. The van der Waals surface area contributed by atoms with Crippen LogP contribution in [0.5, 0.6) is 5.75 Å². The van der Waals surface area contributed by atoms with Crippen LogP contribution in [0.4, 0.5) is 4.39 Å². The minimum atomic E-state index is -0.370. The Labute approximate surface area is 109 Å². The van der Waals surface area contributed by atoms with Gasteiger partial charge in [0.2, 0.25) is 0 Å². The van der Waals surface area contributed by atoms with Crippen molar-refractivity contribution >= 4 is 24.0 Å². The number of aryl methyl sites for hydroxylation is 1. The lowest BCUT2D eigenvalue weighted by Crippen LogP contribution is -1.88. The highest BCUT2D eigenvalue weighted by molar-refractivity contribution is 7.79. The van der Waals surface area contributed by atoms with Crippen molar-refractivity contribution in [2.45, 2.75) is 12.7 Å². The third kappa shape index (κ3) is 2.45. The van der Waals surface area contributed by atoms with Crippen molar-refractivity contribution in [2.24, 2.45) is 0 Å². The van der Waals surface area contributed by atoms with Crippen LogP contribution in [0.3, 0.4) is 0 Å². The molecule has 1 aromatic carbocycles.